The Labute approximate surface area is 103 Å². The molecule has 0 spiro atoms. The van der Waals surface area contributed by atoms with Gasteiger partial charge < -0.3 is 4.74 Å². The summed E-state index contributed by atoms with van der Waals surface area (Å²) in [6.45, 7) is 0.507. The van der Waals surface area contributed by atoms with Crippen molar-refractivity contribution in [3.63, 3.8) is 0 Å². The van der Waals surface area contributed by atoms with Gasteiger partial charge in [0.2, 0.25) is 0 Å². The van der Waals surface area contributed by atoms with E-state index in [1.54, 1.807) is 37.0 Å². The standard InChI is InChI=1S/C10H11N3OS2/c1-14-5-8-9(6-15)16-10(13-8)7-4-11-2-3-12-7/h2-4,15H,5-6H2,1H3. The first-order valence-electron chi connectivity index (χ1n) is 4.70. The van der Waals surface area contributed by atoms with E-state index >= 15 is 0 Å². The molecule has 0 fully saturated rings. The van der Waals surface area contributed by atoms with Gasteiger partial charge in [-0.05, 0) is 0 Å². The Balaban J connectivity index is 2.36. The van der Waals surface area contributed by atoms with Crippen LogP contribution in [-0.2, 0) is 17.1 Å². The molecule has 0 unspecified atom stereocenters. The van der Waals surface area contributed by atoms with E-state index in [-0.39, 0.29) is 0 Å². The third-order valence-corrected chi connectivity index (χ3v) is 3.64. The summed E-state index contributed by atoms with van der Waals surface area (Å²) in [6.07, 6.45) is 5.01. The first-order chi connectivity index (χ1) is 7.85. The predicted octanol–water partition coefficient (Wildman–Crippen LogP) is 2.18. The lowest BCUT2D eigenvalue weighted by atomic mass is 10.4. The second-order valence-electron chi connectivity index (χ2n) is 3.07. The molecule has 0 radical (unpaired) electrons. The molecule has 0 atom stereocenters. The minimum atomic E-state index is 0.507. The third kappa shape index (κ3) is 2.40. The Morgan fingerprint density at radius 1 is 1.44 bits per heavy atom. The number of thiol groups is 1. The average molecular weight is 253 g/mol. The molecule has 2 rings (SSSR count). The fourth-order valence-corrected chi connectivity index (χ4v) is 2.54. The molecule has 0 saturated carbocycles. The molecule has 0 aliphatic heterocycles. The van der Waals surface area contributed by atoms with Gasteiger partial charge in [0.15, 0.2) is 0 Å². The summed E-state index contributed by atoms with van der Waals surface area (Å²) in [6, 6.07) is 0. The number of hydrogen-bond donors (Lipinski definition) is 1. The van der Waals surface area contributed by atoms with E-state index in [1.807, 2.05) is 0 Å². The van der Waals surface area contributed by atoms with E-state index in [0.717, 1.165) is 21.3 Å². The van der Waals surface area contributed by atoms with Crippen molar-refractivity contribution in [1.82, 2.24) is 15.0 Å². The van der Waals surface area contributed by atoms with Crippen LogP contribution in [0.4, 0.5) is 0 Å². The van der Waals surface area contributed by atoms with E-state index in [0.29, 0.717) is 12.4 Å². The number of hydrogen-bond acceptors (Lipinski definition) is 6. The van der Waals surface area contributed by atoms with Crippen molar-refractivity contribution in [3.8, 4) is 10.7 Å². The number of nitrogens with zero attached hydrogens (tertiary/aromatic N) is 3. The molecule has 2 aromatic rings. The fourth-order valence-electron chi connectivity index (χ4n) is 1.28. The lowest BCUT2D eigenvalue weighted by molar-refractivity contribution is 0.181. The van der Waals surface area contributed by atoms with Crippen molar-refractivity contribution in [1.29, 1.82) is 0 Å². The van der Waals surface area contributed by atoms with E-state index in [1.165, 1.54) is 0 Å². The number of thiazole rings is 1. The van der Waals surface area contributed by atoms with Gasteiger partial charge in [-0.2, -0.15) is 12.6 Å². The normalized spacial score (nSPS) is 10.6. The van der Waals surface area contributed by atoms with Gasteiger partial charge >= 0.3 is 0 Å². The SMILES string of the molecule is COCc1nc(-c2cnccn2)sc1CS. The molecule has 0 N–H and O–H groups in total. The molecule has 2 heterocycles. The Bertz CT molecular complexity index is 458. The summed E-state index contributed by atoms with van der Waals surface area (Å²) in [5.41, 5.74) is 1.72. The van der Waals surface area contributed by atoms with E-state index in [4.69, 9.17) is 4.74 Å². The van der Waals surface area contributed by atoms with Crippen LogP contribution in [0.1, 0.15) is 10.6 Å². The van der Waals surface area contributed by atoms with Crippen LogP contribution < -0.4 is 0 Å². The second-order valence-corrected chi connectivity index (χ2v) is 4.47. The van der Waals surface area contributed by atoms with Gasteiger partial charge in [-0.3, -0.25) is 9.97 Å². The van der Waals surface area contributed by atoms with Crippen molar-refractivity contribution >= 4 is 24.0 Å². The summed E-state index contributed by atoms with van der Waals surface area (Å²) in [4.78, 5) is 13.8. The van der Waals surface area contributed by atoms with Gasteiger partial charge in [0, 0.05) is 30.1 Å². The van der Waals surface area contributed by atoms with Crippen LogP contribution in [0.25, 0.3) is 10.7 Å². The first kappa shape index (κ1) is 11.5. The summed E-state index contributed by atoms with van der Waals surface area (Å²) in [5, 5.41) is 0.865. The molecule has 16 heavy (non-hydrogen) atoms. The zero-order chi connectivity index (χ0) is 11.4. The third-order valence-electron chi connectivity index (χ3n) is 1.99. The summed E-state index contributed by atoms with van der Waals surface area (Å²) >= 11 is 5.86. The van der Waals surface area contributed by atoms with Crippen molar-refractivity contribution in [2.45, 2.75) is 12.4 Å². The van der Waals surface area contributed by atoms with Crippen LogP contribution in [0, 0.1) is 0 Å². The van der Waals surface area contributed by atoms with E-state index in [2.05, 4.69) is 27.6 Å². The summed E-state index contributed by atoms with van der Waals surface area (Å²) < 4.78 is 5.09. The lowest BCUT2D eigenvalue weighted by Gasteiger charge is -1.95. The van der Waals surface area contributed by atoms with Gasteiger partial charge in [0.25, 0.3) is 0 Å². The van der Waals surface area contributed by atoms with Crippen molar-refractivity contribution in [3.05, 3.63) is 29.2 Å². The number of methoxy groups -OCH3 is 1. The topological polar surface area (TPSA) is 47.9 Å². The Kier molecular flexibility index (Phi) is 3.87. The maximum Gasteiger partial charge on any atom is 0.144 e. The number of ether oxygens (including phenoxy) is 1. The molecule has 2 aromatic heterocycles. The molecule has 0 saturated heterocycles. The van der Waals surface area contributed by atoms with E-state index < -0.39 is 0 Å². The zero-order valence-electron chi connectivity index (χ0n) is 8.75. The van der Waals surface area contributed by atoms with Gasteiger partial charge in [0.05, 0.1) is 18.5 Å². The Morgan fingerprint density at radius 3 is 2.94 bits per heavy atom. The van der Waals surface area contributed by atoms with Crippen LogP contribution in [0.5, 0.6) is 0 Å². The minimum absolute atomic E-state index is 0.507. The van der Waals surface area contributed by atoms with Gasteiger partial charge in [0.1, 0.15) is 10.7 Å². The maximum absolute atomic E-state index is 5.09. The highest BCUT2D eigenvalue weighted by molar-refractivity contribution is 7.79. The first-order valence-corrected chi connectivity index (χ1v) is 6.14. The van der Waals surface area contributed by atoms with Gasteiger partial charge in [-0.1, -0.05) is 0 Å². The van der Waals surface area contributed by atoms with Crippen LogP contribution in [-0.4, -0.2) is 22.1 Å². The van der Waals surface area contributed by atoms with Crippen LogP contribution in [0.2, 0.25) is 0 Å². The maximum atomic E-state index is 5.09. The highest BCUT2D eigenvalue weighted by Crippen LogP contribution is 2.27. The molecule has 0 aromatic carbocycles. The van der Waals surface area contributed by atoms with Crippen LogP contribution in [0.3, 0.4) is 0 Å². The van der Waals surface area contributed by atoms with Crippen molar-refractivity contribution in [2.24, 2.45) is 0 Å². The average Bonchev–Trinajstić information content (AvgIpc) is 2.74. The second kappa shape index (κ2) is 5.38. The minimum Gasteiger partial charge on any atom is -0.378 e. The quantitative estimate of drug-likeness (QED) is 0.848. The Hall–Kier alpha value is -0.980. The van der Waals surface area contributed by atoms with Gasteiger partial charge in [-0.25, -0.2) is 4.98 Å². The highest BCUT2D eigenvalue weighted by atomic mass is 32.1. The molecular weight excluding hydrogens is 242 g/mol. The molecule has 0 aliphatic rings. The monoisotopic (exact) mass is 253 g/mol. The summed E-state index contributed by atoms with van der Waals surface area (Å²) in [5.74, 6) is 0.663. The van der Waals surface area contributed by atoms with Crippen molar-refractivity contribution in [2.75, 3.05) is 7.11 Å². The molecule has 0 bridgehead atoms. The number of aromatic nitrogens is 3. The summed E-state index contributed by atoms with van der Waals surface area (Å²) in [7, 11) is 1.66. The smallest absolute Gasteiger partial charge is 0.144 e. The number of rotatable bonds is 4. The van der Waals surface area contributed by atoms with Crippen molar-refractivity contribution < 1.29 is 4.74 Å². The molecule has 0 aliphatic carbocycles. The van der Waals surface area contributed by atoms with E-state index in [9.17, 15) is 0 Å². The van der Waals surface area contributed by atoms with Crippen LogP contribution >= 0.6 is 24.0 Å². The van der Waals surface area contributed by atoms with Gasteiger partial charge in [-0.15, -0.1) is 11.3 Å². The Morgan fingerprint density at radius 2 is 2.31 bits per heavy atom. The molecule has 0 amide bonds. The predicted molar refractivity (Wildman–Crippen MR) is 66.5 cm³/mol. The molecular formula is C10H11N3OS2. The molecule has 84 valence electrons. The zero-order valence-corrected chi connectivity index (χ0v) is 10.5. The van der Waals surface area contributed by atoms with Crippen LogP contribution in [0.15, 0.2) is 18.6 Å². The largest absolute Gasteiger partial charge is 0.378 e. The molecule has 6 heteroatoms. The molecule has 4 nitrogen and oxygen atoms in total. The fraction of sp³-hybridized carbons (Fsp3) is 0.300. The lowest BCUT2D eigenvalue weighted by Crippen LogP contribution is -1.91. The highest BCUT2D eigenvalue weighted by Gasteiger charge is 2.11.